The van der Waals surface area contributed by atoms with Crippen LogP contribution in [0, 0.1) is 0 Å². The van der Waals surface area contributed by atoms with E-state index in [9.17, 15) is 0 Å². The van der Waals surface area contributed by atoms with Crippen LogP contribution < -0.4 is 5.32 Å². The Bertz CT molecular complexity index is 594. The maximum absolute atomic E-state index is 5.96. The second kappa shape index (κ2) is 5.93. The Balaban J connectivity index is 1.88. The van der Waals surface area contributed by atoms with Crippen molar-refractivity contribution in [1.82, 2.24) is 19.5 Å². The maximum Gasteiger partial charge on any atom is 0.226 e. The number of anilines is 1. The van der Waals surface area contributed by atoms with Crippen LogP contribution in [0.4, 0.5) is 5.82 Å². The van der Waals surface area contributed by atoms with Crippen molar-refractivity contribution in [3.63, 3.8) is 0 Å². The fourth-order valence-electron chi connectivity index (χ4n) is 2.50. The third kappa shape index (κ3) is 2.71. The zero-order chi connectivity index (χ0) is 13.9. The van der Waals surface area contributed by atoms with Crippen LogP contribution in [0.25, 0.3) is 11.2 Å². The van der Waals surface area contributed by atoms with Gasteiger partial charge in [0.25, 0.3) is 0 Å². The summed E-state index contributed by atoms with van der Waals surface area (Å²) >= 11 is 5.96. The van der Waals surface area contributed by atoms with E-state index in [1.165, 1.54) is 0 Å². The number of ether oxygens (including phenoxy) is 1. The Morgan fingerprint density at radius 2 is 2.40 bits per heavy atom. The zero-order valence-electron chi connectivity index (χ0n) is 11.5. The summed E-state index contributed by atoms with van der Waals surface area (Å²) in [5, 5.41) is 3.55. The van der Waals surface area contributed by atoms with Crippen LogP contribution in [0.1, 0.15) is 26.2 Å². The van der Waals surface area contributed by atoms with Crippen LogP contribution in [0.3, 0.4) is 0 Å². The predicted octanol–water partition coefficient (Wildman–Crippen LogP) is 2.48. The first-order chi connectivity index (χ1) is 9.78. The Morgan fingerprint density at radius 1 is 1.50 bits per heavy atom. The number of hydrogen-bond acceptors (Lipinski definition) is 5. The Kier molecular flexibility index (Phi) is 4.03. The lowest BCUT2D eigenvalue weighted by Gasteiger charge is -2.13. The normalized spacial score (nSPS) is 18.8. The quantitative estimate of drug-likeness (QED) is 0.859. The third-order valence-corrected chi connectivity index (χ3v) is 3.60. The van der Waals surface area contributed by atoms with E-state index in [4.69, 9.17) is 16.3 Å². The van der Waals surface area contributed by atoms with Gasteiger partial charge in [-0.1, -0.05) is 6.92 Å². The molecule has 1 atom stereocenters. The van der Waals surface area contributed by atoms with Crippen LogP contribution in [-0.2, 0) is 11.3 Å². The van der Waals surface area contributed by atoms with Crippen molar-refractivity contribution in [2.24, 2.45) is 0 Å². The van der Waals surface area contributed by atoms with Gasteiger partial charge in [-0.05, 0) is 30.9 Å². The molecule has 7 heteroatoms. The molecule has 1 N–H and O–H groups in total. The highest BCUT2D eigenvalue weighted by Crippen LogP contribution is 2.22. The number of nitrogens with zero attached hydrogens (tertiary/aromatic N) is 4. The van der Waals surface area contributed by atoms with E-state index in [-0.39, 0.29) is 11.4 Å². The second-order valence-electron chi connectivity index (χ2n) is 4.97. The van der Waals surface area contributed by atoms with Gasteiger partial charge in [0.05, 0.1) is 12.4 Å². The van der Waals surface area contributed by atoms with E-state index in [2.05, 4.69) is 31.8 Å². The van der Waals surface area contributed by atoms with Gasteiger partial charge >= 0.3 is 0 Å². The van der Waals surface area contributed by atoms with E-state index in [0.29, 0.717) is 5.65 Å². The lowest BCUT2D eigenvalue weighted by atomic mass is 10.2. The number of halogens is 1. The monoisotopic (exact) mass is 295 g/mol. The van der Waals surface area contributed by atoms with Crippen LogP contribution in [-0.4, -0.2) is 38.8 Å². The largest absolute Gasteiger partial charge is 0.376 e. The van der Waals surface area contributed by atoms with E-state index in [1.807, 2.05) is 0 Å². The van der Waals surface area contributed by atoms with E-state index >= 15 is 0 Å². The van der Waals surface area contributed by atoms with Gasteiger partial charge in [-0.25, -0.2) is 4.98 Å². The van der Waals surface area contributed by atoms with Crippen molar-refractivity contribution < 1.29 is 4.74 Å². The minimum atomic E-state index is 0.217. The summed E-state index contributed by atoms with van der Waals surface area (Å²) in [5.41, 5.74) is 1.54. The van der Waals surface area contributed by atoms with Gasteiger partial charge in [0, 0.05) is 19.7 Å². The first-order valence-electron chi connectivity index (χ1n) is 7.01. The molecule has 0 radical (unpaired) electrons. The smallest absolute Gasteiger partial charge is 0.226 e. The minimum absolute atomic E-state index is 0.217. The van der Waals surface area contributed by atoms with Gasteiger partial charge in [-0.15, -0.1) is 0 Å². The van der Waals surface area contributed by atoms with Gasteiger partial charge < -0.3 is 14.6 Å². The van der Waals surface area contributed by atoms with E-state index < -0.39 is 0 Å². The molecule has 0 spiro atoms. The molecule has 1 aliphatic heterocycles. The van der Waals surface area contributed by atoms with Crippen molar-refractivity contribution in [2.75, 3.05) is 18.5 Å². The Morgan fingerprint density at radius 3 is 3.15 bits per heavy atom. The lowest BCUT2D eigenvalue weighted by molar-refractivity contribution is 0.120. The molecule has 0 saturated carbocycles. The topological polar surface area (TPSA) is 64.9 Å². The number of hydrogen-bond donors (Lipinski definition) is 1. The Hall–Kier alpha value is -1.40. The summed E-state index contributed by atoms with van der Waals surface area (Å²) in [6.07, 6.45) is 5.28. The molecule has 0 aromatic carbocycles. The molecule has 0 aliphatic carbocycles. The molecule has 1 saturated heterocycles. The highest BCUT2D eigenvalue weighted by molar-refractivity contribution is 6.28. The van der Waals surface area contributed by atoms with E-state index in [1.54, 1.807) is 6.33 Å². The maximum atomic E-state index is 5.96. The highest BCUT2D eigenvalue weighted by atomic mass is 35.5. The third-order valence-electron chi connectivity index (χ3n) is 3.43. The molecule has 3 rings (SSSR count). The predicted molar refractivity (Wildman–Crippen MR) is 78.1 cm³/mol. The first kappa shape index (κ1) is 13.6. The molecule has 20 heavy (non-hydrogen) atoms. The van der Waals surface area contributed by atoms with Gasteiger partial charge in [-0.2, -0.15) is 9.97 Å². The molecular weight excluding hydrogens is 278 g/mol. The van der Waals surface area contributed by atoms with Crippen molar-refractivity contribution in [1.29, 1.82) is 0 Å². The van der Waals surface area contributed by atoms with Crippen molar-refractivity contribution in [3.05, 3.63) is 11.6 Å². The van der Waals surface area contributed by atoms with Crippen LogP contribution in [0.5, 0.6) is 0 Å². The number of aryl methyl sites for hydroxylation is 1. The summed E-state index contributed by atoms with van der Waals surface area (Å²) < 4.78 is 7.67. The average molecular weight is 296 g/mol. The zero-order valence-corrected chi connectivity index (χ0v) is 12.2. The second-order valence-corrected chi connectivity index (χ2v) is 5.31. The molecule has 1 unspecified atom stereocenters. The van der Waals surface area contributed by atoms with Crippen LogP contribution in [0.15, 0.2) is 6.33 Å². The lowest BCUT2D eigenvalue weighted by Crippen LogP contribution is -2.19. The summed E-state index contributed by atoms with van der Waals surface area (Å²) in [4.78, 5) is 12.8. The summed E-state index contributed by atoms with van der Waals surface area (Å²) in [6.45, 7) is 4.60. The molecule has 108 valence electrons. The fourth-order valence-corrected chi connectivity index (χ4v) is 2.67. The number of aromatic nitrogens is 4. The minimum Gasteiger partial charge on any atom is -0.376 e. The number of nitrogens with one attached hydrogen (secondary N) is 1. The van der Waals surface area contributed by atoms with Gasteiger partial charge in [0.1, 0.15) is 5.52 Å². The SMILES string of the molecule is CCCn1cnc2nc(Cl)nc(NCC3CCCO3)c21. The molecule has 6 nitrogen and oxygen atoms in total. The summed E-state index contributed by atoms with van der Waals surface area (Å²) in [7, 11) is 0. The van der Waals surface area contributed by atoms with Gasteiger partial charge in [0.15, 0.2) is 11.5 Å². The standard InChI is InChI=1S/C13H18ClN5O/c1-2-5-19-8-16-12-10(19)11(17-13(14)18-12)15-7-9-4-3-6-20-9/h8-9H,2-7H2,1H3,(H,15,17,18). The van der Waals surface area contributed by atoms with Crippen molar-refractivity contribution in [2.45, 2.75) is 38.8 Å². The van der Waals surface area contributed by atoms with Crippen molar-refractivity contribution >= 4 is 28.6 Å². The molecule has 3 heterocycles. The van der Waals surface area contributed by atoms with Gasteiger partial charge in [-0.3, -0.25) is 0 Å². The van der Waals surface area contributed by atoms with Gasteiger partial charge in [0.2, 0.25) is 5.28 Å². The molecular formula is C13H18ClN5O. The molecule has 2 aromatic rings. The average Bonchev–Trinajstić information content (AvgIpc) is 3.06. The summed E-state index contributed by atoms with van der Waals surface area (Å²) in [5.74, 6) is 0.737. The van der Waals surface area contributed by atoms with E-state index in [0.717, 1.165) is 50.3 Å². The van der Waals surface area contributed by atoms with Crippen LogP contribution in [0.2, 0.25) is 5.28 Å². The molecule has 1 aliphatic rings. The number of rotatable bonds is 5. The number of imidazole rings is 1. The summed E-state index contributed by atoms with van der Waals surface area (Å²) in [6, 6.07) is 0. The molecule has 0 bridgehead atoms. The fraction of sp³-hybridized carbons (Fsp3) is 0.615. The Labute approximate surface area is 122 Å². The molecule has 1 fully saturated rings. The first-order valence-corrected chi connectivity index (χ1v) is 7.39. The molecule has 0 amide bonds. The van der Waals surface area contributed by atoms with Crippen molar-refractivity contribution in [3.8, 4) is 0 Å². The molecule has 2 aromatic heterocycles. The van der Waals surface area contributed by atoms with Crippen LogP contribution >= 0.6 is 11.6 Å². The highest BCUT2D eigenvalue weighted by Gasteiger charge is 2.17. The number of fused-ring (bicyclic) bond motifs is 1.